The molecule has 0 atom stereocenters. The Morgan fingerprint density at radius 3 is 3.06 bits per heavy atom. The lowest BCUT2D eigenvalue weighted by atomic mass is 10.2. The van der Waals surface area contributed by atoms with Gasteiger partial charge in [0.1, 0.15) is 5.75 Å². The maximum atomic E-state index is 11.5. The summed E-state index contributed by atoms with van der Waals surface area (Å²) in [5.74, 6) is 0.693. The number of hydrogen-bond donors (Lipinski definition) is 2. The van der Waals surface area contributed by atoms with Gasteiger partial charge in [0, 0.05) is 25.9 Å². The second kappa shape index (κ2) is 5.73. The van der Waals surface area contributed by atoms with Crippen LogP contribution < -0.4 is 15.0 Å². The van der Waals surface area contributed by atoms with E-state index in [9.17, 15) is 4.79 Å². The SMILES string of the molecule is CN1C(=O)COc2ccc(NCCCCO)cc21. The number of fused-ring (bicyclic) bond motifs is 1. The Labute approximate surface area is 106 Å². The monoisotopic (exact) mass is 250 g/mol. The summed E-state index contributed by atoms with van der Waals surface area (Å²) in [5, 5.41) is 12.0. The minimum atomic E-state index is -0.0417. The largest absolute Gasteiger partial charge is 0.482 e. The normalized spacial score (nSPS) is 14.1. The molecule has 5 nitrogen and oxygen atoms in total. The van der Waals surface area contributed by atoms with Crippen LogP contribution in [0.15, 0.2) is 18.2 Å². The fourth-order valence-electron chi connectivity index (χ4n) is 1.85. The third-order valence-electron chi connectivity index (χ3n) is 2.96. The number of carbonyl (C=O) groups is 1. The van der Waals surface area contributed by atoms with Gasteiger partial charge in [-0.15, -0.1) is 0 Å². The van der Waals surface area contributed by atoms with Crippen LogP contribution in [-0.4, -0.2) is 37.8 Å². The number of aliphatic hydroxyl groups excluding tert-OH is 1. The van der Waals surface area contributed by atoms with E-state index in [-0.39, 0.29) is 19.1 Å². The molecule has 0 saturated carbocycles. The Kier molecular flexibility index (Phi) is 4.04. The van der Waals surface area contributed by atoms with Crippen LogP contribution in [0, 0.1) is 0 Å². The molecule has 1 heterocycles. The number of nitrogens with one attached hydrogen (secondary N) is 1. The van der Waals surface area contributed by atoms with Crippen LogP contribution in [0.1, 0.15) is 12.8 Å². The van der Waals surface area contributed by atoms with E-state index in [1.54, 1.807) is 11.9 Å². The first kappa shape index (κ1) is 12.7. The molecular weight excluding hydrogens is 232 g/mol. The van der Waals surface area contributed by atoms with Crippen molar-refractivity contribution in [3.63, 3.8) is 0 Å². The summed E-state index contributed by atoms with van der Waals surface area (Å²) in [5.41, 5.74) is 1.75. The average molecular weight is 250 g/mol. The van der Waals surface area contributed by atoms with Gasteiger partial charge in [-0.05, 0) is 31.0 Å². The minimum absolute atomic E-state index is 0.0417. The van der Waals surface area contributed by atoms with Gasteiger partial charge in [-0.25, -0.2) is 0 Å². The molecule has 98 valence electrons. The van der Waals surface area contributed by atoms with Crippen molar-refractivity contribution in [3.8, 4) is 5.75 Å². The Morgan fingerprint density at radius 2 is 2.28 bits per heavy atom. The molecule has 0 radical (unpaired) electrons. The first-order valence-electron chi connectivity index (χ1n) is 6.10. The zero-order valence-corrected chi connectivity index (χ0v) is 10.5. The number of aliphatic hydroxyl groups is 1. The van der Waals surface area contributed by atoms with Crippen molar-refractivity contribution in [1.82, 2.24) is 0 Å². The standard InChI is InChI=1S/C13H18N2O3/c1-15-11-8-10(14-6-2-3-7-16)4-5-12(11)18-9-13(15)17/h4-5,8,14,16H,2-3,6-7,9H2,1H3. The molecule has 1 aliphatic heterocycles. The lowest BCUT2D eigenvalue weighted by Crippen LogP contribution is -2.35. The number of unbranched alkanes of at least 4 members (excludes halogenated alkanes) is 1. The first-order valence-corrected chi connectivity index (χ1v) is 6.10. The average Bonchev–Trinajstić information content (AvgIpc) is 2.39. The first-order chi connectivity index (χ1) is 8.72. The van der Waals surface area contributed by atoms with E-state index >= 15 is 0 Å². The zero-order chi connectivity index (χ0) is 13.0. The van der Waals surface area contributed by atoms with Gasteiger partial charge >= 0.3 is 0 Å². The zero-order valence-electron chi connectivity index (χ0n) is 10.5. The number of nitrogens with zero attached hydrogens (tertiary/aromatic N) is 1. The van der Waals surface area contributed by atoms with Crippen LogP contribution >= 0.6 is 0 Å². The van der Waals surface area contributed by atoms with Crippen LogP contribution in [0.5, 0.6) is 5.75 Å². The number of benzene rings is 1. The van der Waals surface area contributed by atoms with Gasteiger partial charge in [0.25, 0.3) is 5.91 Å². The number of anilines is 2. The Morgan fingerprint density at radius 1 is 1.44 bits per heavy atom. The van der Waals surface area contributed by atoms with E-state index in [2.05, 4.69) is 5.32 Å². The number of rotatable bonds is 5. The van der Waals surface area contributed by atoms with Crippen molar-refractivity contribution in [2.24, 2.45) is 0 Å². The third kappa shape index (κ3) is 2.73. The third-order valence-corrected chi connectivity index (χ3v) is 2.96. The molecule has 1 amide bonds. The van der Waals surface area contributed by atoms with Crippen molar-refractivity contribution in [3.05, 3.63) is 18.2 Å². The van der Waals surface area contributed by atoms with Gasteiger partial charge in [-0.2, -0.15) is 0 Å². The number of likely N-dealkylation sites (N-methyl/N-ethyl adjacent to an activating group) is 1. The van der Waals surface area contributed by atoms with Crippen molar-refractivity contribution in [1.29, 1.82) is 0 Å². The van der Waals surface area contributed by atoms with Crippen LogP contribution in [0.4, 0.5) is 11.4 Å². The van der Waals surface area contributed by atoms with E-state index in [0.717, 1.165) is 36.5 Å². The summed E-state index contributed by atoms with van der Waals surface area (Å²) in [6.07, 6.45) is 1.71. The minimum Gasteiger partial charge on any atom is -0.482 e. The molecule has 2 rings (SSSR count). The van der Waals surface area contributed by atoms with Crippen molar-refractivity contribution >= 4 is 17.3 Å². The predicted molar refractivity (Wildman–Crippen MR) is 70.2 cm³/mol. The molecule has 5 heteroatoms. The maximum Gasteiger partial charge on any atom is 0.264 e. The fourth-order valence-corrected chi connectivity index (χ4v) is 1.85. The summed E-state index contributed by atoms with van der Waals surface area (Å²) in [6.45, 7) is 1.13. The number of amides is 1. The predicted octanol–water partition coefficient (Wildman–Crippen LogP) is 1.23. The summed E-state index contributed by atoms with van der Waals surface area (Å²) < 4.78 is 5.35. The van der Waals surface area contributed by atoms with Crippen LogP contribution in [0.25, 0.3) is 0 Å². The van der Waals surface area contributed by atoms with E-state index < -0.39 is 0 Å². The molecule has 0 bridgehead atoms. The number of carbonyl (C=O) groups excluding carboxylic acids is 1. The molecular formula is C13H18N2O3. The molecule has 2 N–H and O–H groups in total. The summed E-state index contributed by atoms with van der Waals surface area (Å²) in [4.78, 5) is 13.1. The summed E-state index contributed by atoms with van der Waals surface area (Å²) in [7, 11) is 1.75. The lowest BCUT2D eigenvalue weighted by molar-refractivity contribution is -0.120. The van der Waals surface area contributed by atoms with Gasteiger partial charge in [0.15, 0.2) is 6.61 Å². The van der Waals surface area contributed by atoms with Gasteiger partial charge < -0.3 is 20.1 Å². The van der Waals surface area contributed by atoms with Crippen molar-refractivity contribution in [2.75, 3.05) is 37.0 Å². The lowest BCUT2D eigenvalue weighted by Gasteiger charge is -2.26. The molecule has 18 heavy (non-hydrogen) atoms. The van der Waals surface area contributed by atoms with Crippen LogP contribution in [0.3, 0.4) is 0 Å². The number of hydrogen-bond acceptors (Lipinski definition) is 4. The van der Waals surface area contributed by atoms with E-state index in [0.29, 0.717) is 0 Å². The summed E-state index contributed by atoms with van der Waals surface area (Å²) >= 11 is 0. The molecule has 0 fully saturated rings. The second-order valence-electron chi connectivity index (χ2n) is 4.28. The molecule has 0 saturated heterocycles. The molecule has 1 aromatic rings. The van der Waals surface area contributed by atoms with Crippen molar-refractivity contribution < 1.29 is 14.6 Å². The molecule has 0 aromatic heterocycles. The van der Waals surface area contributed by atoms with E-state index in [1.807, 2.05) is 18.2 Å². The molecule has 1 aromatic carbocycles. The molecule has 0 spiro atoms. The van der Waals surface area contributed by atoms with E-state index in [4.69, 9.17) is 9.84 Å². The molecule has 0 aliphatic carbocycles. The van der Waals surface area contributed by atoms with Gasteiger partial charge in [0.2, 0.25) is 0 Å². The highest BCUT2D eigenvalue weighted by molar-refractivity contribution is 5.97. The van der Waals surface area contributed by atoms with E-state index in [1.165, 1.54) is 0 Å². The Hall–Kier alpha value is -1.75. The molecule has 0 unspecified atom stereocenters. The Balaban J connectivity index is 2.04. The van der Waals surface area contributed by atoms with Gasteiger partial charge in [0.05, 0.1) is 5.69 Å². The van der Waals surface area contributed by atoms with Gasteiger partial charge in [-0.3, -0.25) is 4.79 Å². The smallest absolute Gasteiger partial charge is 0.264 e. The highest BCUT2D eigenvalue weighted by Crippen LogP contribution is 2.33. The fraction of sp³-hybridized carbons (Fsp3) is 0.462. The number of ether oxygens (including phenoxy) is 1. The highest BCUT2D eigenvalue weighted by atomic mass is 16.5. The second-order valence-corrected chi connectivity index (χ2v) is 4.28. The highest BCUT2D eigenvalue weighted by Gasteiger charge is 2.22. The summed E-state index contributed by atoms with van der Waals surface area (Å²) in [6, 6.07) is 5.71. The van der Waals surface area contributed by atoms with Gasteiger partial charge in [-0.1, -0.05) is 0 Å². The van der Waals surface area contributed by atoms with Crippen molar-refractivity contribution in [2.45, 2.75) is 12.8 Å². The topological polar surface area (TPSA) is 61.8 Å². The quantitative estimate of drug-likeness (QED) is 0.771. The van der Waals surface area contributed by atoms with Crippen LogP contribution in [-0.2, 0) is 4.79 Å². The maximum absolute atomic E-state index is 11.5. The van der Waals surface area contributed by atoms with Crippen LogP contribution in [0.2, 0.25) is 0 Å². The Bertz CT molecular complexity index is 434. The molecule has 1 aliphatic rings.